The largest absolute Gasteiger partial charge is 0.483 e. The third-order valence-corrected chi connectivity index (χ3v) is 3.66. The highest BCUT2D eigenvalue weighted by atomic mass is 35.5. The van der Waals surface area contributed by atoms with Crippen LogP contribution < -0.4 is 10.5 Å². The molecule has 2 atom stereocenters. The molecule has 0 radical (unpaired) electrons. The molecular formula is C12H14ClFN2O3. The molecule has 0 saturated heterocycles. The van der Waals surface area contributed by atoms with Gasteiger partial charge in [-0.25, -0.2) is 4.39 Å². The van der Waals surface area contributed by atoms with Gasteiger partial charge in [-0.2, -0.15) is 0 Å². The second-order valence-electron chi connectivity index (χ2n) is 4.57. The summed E-state index contributed by atoms with van der Waals surface area (Å²) in [5, 5.41) is 10.6. The van der Waals surface area contributed by atoms with E-state index in [1.54, 1.807) is 0 Å². The Kier molecular flexibility index (Phi) is 4.21. The molecule has 1 aromatic rings. The molecule has 5 nitrogen and oxygen atoms in total. The second kappa shape index (κ2) is 5.71. The van der Waals surface area contributed by atoms with Crippen LogP contribution in [0.5, 0.6) is 5.75 Å². The van der Waals surface area contributed by atoms with Crippen molar-refractivity contribution in [1.29, 1.82) is 0 Å². The van der Waals surface area contributed by atoms with Crippen LogP contribution in [0.1, 0.15) is 19.3 Å². The Hall–Kier alpha value is -1.40. The summed E-state index contributed by atoms with van der Waals surface area (Å²) in [6, 6.07) is 1.94. The van der Waals surface area contributed by atoms with Crippen molar-refractivity contribution in [1.82, 2.24) is 0 Å². The number of nitro benzene ring substituents is 1. The number of nitrogens with zero attached hydrogens (tertiary/aromatic N) is 1. The van der Waals surface area contributed by atoms with Gasteiger partial charge >= 0.3 is 5.69 Å². The fourth-order valence-electron chi connectivity index (χ4n) is 2.35. The van der Waals surface area contributed by atoms with E-state index in [1.807, 2.05) is 0 Å². The molecule has 2 N–H and O–H groups in total. The monoisotopic (exact) mass is 288 g/mol. The van der Waals surface area contributed by atoms with Gasteiger partial charge in [0.15, 0.2) is 5.75 Å². The summed E-state index contributed by atoms with van der Waals surface area (Å²) in [6.07, 6.45) is 2.44. The third-order valence-electron chi connectivity index (χ3n) is 3.37. The van der Waals surface area contributed by atoms with Crippen LogP contribution in [0.3, 0.4) is 0 Å². The van der Waals surface area contributed by atoms with Gasteiger partial charge in [-0.05, 0) is 25.8 Å². The third kappa shape index (κ3) is 2.96. The van der Waals surface area contributed by atoms with Gasteiger partial charge in [-0.15, -0.1) is 0 Å². The number of nitro groups is 1. The summed E-state index contributed by atoms with van der Waals surface area (Å²) in [7, 11) is 0. The fraction of sp³-hybridized carbons (Fsp3) is 0.500. The van der Waals surface area contributed by atoms with E-state index >= 15 is 0 Å². The van der Waals surface area contributed by atoms with Crippen LogP contribution in [-0.4, -0.2) is 17.6 Å². The zero-order chi connectivity index (χ0) is 14.0. The summed E-state index contributed by atoms with van der Waals surface area (Å²) in [5.41, 5.74) is 5.30. The molecular weight excluding hydrogens is 275 g/mol. The van der Waals surface area contributed by atoms with Gasteiger partial charge in [-0.1, -0.05) is 11.6 Å². The minimum absolute atomic E-state index is 0.0859. The average Bonchev–Trinajstić information content (AvgIpc) is 2.80. The van der Waals surface area contributed by atoms with Gasteiger partial charge in [0, 0.05) is 18.1 Å². The Balaban J connectivity index is 2.28. The lowest BCUT2D eigenvalue weighted by atomic mass is 10.1. The van der Waals surface area contributed by atoms with Crippen molar-refractivity contribution in [2.75, 3.05) is 6.54 Å². The van der Waals surface area contributed by atoms with Gasteiger partial charge in [0.05, 0.1) is 9.95 Å². The standard InChI is InChI=1S/C12H14ClFN2O3/c13-8-4-10(16(17)18)12(5-9(8)14)19-11-3-1-2-7(11)6-15/h4-5,7,11H,1-3,6,15H2. The first-order valence-corrected chi connectivity index (χ1v) is 6.41. The normalized spacial score (nSPS) is 22.5. The molecule has 0 spiro atoms. The van der Waals surface area contributed by atoms with Gasteiger partial charge in [0.2, 0.25) is 0 Å². The molecule has 1 aromatic carbocycles. The summed E-state index contributed by atoms with van der Waals surface area (Å²) in [4.78, 5) is 10.3. The van der Waals surface area contributed by atoms with E-state index in [2.05, 4.69) is 0 Å². The predicted molar refractivity (Wildman–Crippen MR) is 68.9 cm³/mol. The van der Waals surface area contributed by atoms with E-state index in [0.717, 1.165) is 31.4 Å². The molecule has 104 valence electrons. The number of rotatable bonds is 4. The second-order valence-corrected chi connectivity index (χ2v) is 4.98. The first-order chi connectivity index (χ1) is 9.02. The fourth-order valence-corrected chi connectivity index (χ4v) is 2.50. The molecule has 1 aliphatic carbocycles. The van der Waals surface area contributed by atoms with Gasteiger partial charge in [0.25, 0.3) is 0 Å². The molecule has 19 heavy (non-hydrogen) atoms. The number of hydrogen-bond donors (Lipinski definition) is 1. The van der Waals surface area contributed by atoms with E-state index < -0.39 is 10.7 Å². The van der Waals surface area contributed by atoms with Crippen molar-refractivity contribution >= 4 is 17.3 Å². The number of ether oxygens (including phenoxy) is 1. The smallest absolute Gasteiger partial charge is 0.312 e. The lowest BCUT2D eigenvalue weighted by Crippen LogP contribution is -2.27. The maximum atomic E-state index is 13.4. The van der Waals surface area contributed by atoms with E-state index in [0.29, 0.717) is 6.54 Å². The van der Waals surface area contributed by atoms with Crippen molar-refractivity contribution in [3.63, 3.8) is 0 Å². The summed E-state index contributed by atoms with van der Waals surface area (Å²) in [6.45, 7) is 0.453. The van der Waals surface area contributed by atoms with Crippen molar-refractivity contribution < 1.29 is 14.1 Å². The topological polar surface area (TPSA) is 78.4 Å². The number of nitrogens with two attached hydrogens (primary N) is 1. The highest BCUT2D eigenvalue weighted by Gasteiger charge is 2.30. The van der Waals surface area contributed by atoms with Crippen LogP contribution in [0.15, 0.2) is 12.1 Å². The van der Waals surface area contributed by atoms with Gasteiger partial charge in [-0.3, -0.25) is 10.1 Å². The lowest BCUT2D eigenvalue weighted by molar-refractivity contribution is -0.386. The molecule has 0 heterocycles. The Morgan fingerprint density at radius 3 is 2.89 bits per heavy atom. The Bertz CT molecular complexity index is 498. The Morgan fingerprint density at radius 2 is 2.26 bits per heavy atom. The number of hydrogen-bond acceptors (Lipinski definition) is 4. The number of halogens is 2. The van der Waals surface area contributed by atoms with Crippen LogP contribution in [-0.2, 0) is 0 Å². The molecule has 1 aliphatic rings. The molecule has 2 unspecified atom stereocenters. The lowest BCUT2D eigenvalue weighted by Gasteiger charge is -2.19. The van der Waals surface area contributed by atoms with Crippen molar-refractivity contribution in [2.45, 2.75) is 25.4 Å². The van der Waals surface area contributed by atoms with Crippen molar-refractivity contribution in [3.8, 4) is 5.75 Å². The molecule has 1 fully saturated rings. The highest BCUT2D eigenvalue weighted by Crippen LogP contribution is 2.36. The van der Waals surface area contributed by atoms with Crippen LogP contribution in [0.25, 0.3) is 0 Å². The molecule has 0 aromatic heterocycles. The van der Waals surface area contributed by atoms with Crippen molar-refractivity contribution in [3.05, 3.63) is 33.1 Å². The number of benzene rings is 1. The molecule has 0 aliphatic heterocycles. The minimum atomic E-state index is -0.732. The highest BCUT2D eigenvalue weighted by molar-refractivity contribution is 6.31. The maximum Gasteiger partial charge on any atom is 0.312 e. The van der Waals surface area contributed by atoms with Gasteiger partial charge < -0.3 is 10.5 Å². The van der Waals surface area contributed by atoms with E-state index in [9.17, 15) is 14.5 Å². The van der Waals surface area contributed by atoms with E-state index in [1.165, 1.54) is 0 Å². The average molecular weight is 289 g/mol. The van der Waals surface area contributed by atoms with Crippen LogP contribution in [0.4, 0.5) is 10.1 Å². The molecule has 7 heteroatoms. The predicted octanol–water partition coefficient (Wildman–Crippen LogP) is 2.89. The quantitative estimate of drug-likeness (QED) is 0.682. The van der Waals surface area contributed by atoms with Crippen LogP contribution in [0, 0.1) is 21.8 Å². The summed E-state index contributed by atoms with van der Waals surface area (Å²) in [5.74, 6) is -0.667. The maximum absolute atomic E-state index is 13.4. The molecule has 0 bridgehead atoms. The minimum Gasteiger partial charge on any atom is -0.483 e. The Labute approximate surface area is 114 Å². The molecule has 1 saturated carbocycles. The van der Waals surface area contributed by atoms with E-state index in [-0.39, 0.29) is 28.5 Å². The van der Waals surface area contributed by atoms with Crippen LogP contribution in [0.2, 0.25) is 5.02 Å². The molecule has 0 amide bonds. The van der Waals surface area contributed by atoms with Crippen molar-refractivity contribution in [2.24, 2.45) is 11.7 Å². The van der Waals surface area contributed by atoms with Gasteiger partial charge in [0.1, 0.15) is 11.9 Å². The SMILES string of the molecule is NCC1CCCC1Oc1cc(F)c(Cl)cc1[N+](=O)[O-]. The van der Waals surface area contributed by atoms with E-state index in [4.69, 9.17) is 22.1 Å². The molecule has 2 rings (SSSR count). The zero-order valence-corrected chi connectivity index (χ0v) is 10.9. The first kappa shape index (κ1) is 14.0. The van der Waals surface area contributed by atoms with Crippen LogP contribution >= 0.6 is 11.6 Å². The summed E-state index contributed by atoms with van der Waals surface area (Å²) < 4.78 is 19.0. The zero-order valence-electron chi connectivity index (χ0n) is 10.1. The first-order valence-electron chi connectivity index (χ1n) is 6.03. The Morgan fingerprint density at radius 1 is 1.53 bits per heavy atom. The summed E-state index contributed by atoms with van der Waals surface area (Å²) >= 11 is 5.55.